The van der Waals surface area contributed by atoms with Crippen molar-refractivity contribution in [2.24, 2.45) is 0 Å². The zero-order chi connectivity index (χ0) is 15.6. The molecule has 1 unspecified atom stereocenters. The molecule has 0 bridgehead atoms. The van der Waals surface area contributed by atoms with Crippen LogP contribution in [-0.2, 0) is 12.0 Å². The number of aromatic nitrogens is 1. The summed E-state index contributed by atoms with van der Waals surface area (Å²) in [7, 11) is 0. The third-order valence-corrected chi connectivity index (χ3v) is 5.38. The van der Waals surface area contributed by atoms with Crippen LogP contribution < -0.4 is 5.32 Å². The summed E-state index contributed by atoms with van der Waals surface area (Å²) in [4.78, 5) is 5.75. The molecule has 21 heavy (non-hydrogen) atoms. The first kappa shape index (κ1) is 16.8. The Morgan fingerprint density at radius 1 is 1.24 bits per heavy atom. The topological polar surface area (TPSA) is 24.9 Å². The lowest BCUT2D eigenvalue weighted by Gasteiger charge is -2.15. The van der Waals surface area contributed by atoms with Gasteiger partial charge in [0, 0.05) is 29.1 Å². The van der Waals surface area contributed by atoms with Crippen LogP contribution >= 0.6 is 34.5 Å². The van der Waals surface area contributed by atoms with Crippen LogP contribution in [-0.4, -0.2) is 4.98 Å². The summed E-state index contributed by atoms with van der Waals surface area (Å²) in [6.45, 7) is 9.46. The van der Waals surface area contributed by atoms with Gasteiger partial charge in [0.15, 0.2) is 0 Å². The molecule has 0 aliphatic heterocycles. The fourth-order valence-corrected chi connectivity index (χ4v) is 3.12. The summed E-state index contributed by atoms with van der Waals surface area (Å²) in [5, 5.41) is 5.84. The lowest BCUT2D eigenvalue weighted by molar-refractivity contribution is 0.578. The van der Waals surface area contributed by atoms with Crippen molar-refractivity contribution in [2.75, 3.05) is 0 Å². The van der Waals surface area contributed by atoms with Gasteiger partial charge in [-0.3, -0.25) is 0 Å². The van der Waals surface area contributed by atoms with E-state index in [-0.39, 0.29) is 11.5 Å². The molecule has 5 heteroatoms. The van der Waals surface area contributed by atoms with E-state index < -0.39 is 0 Å². The Hall–Kier alpha value is -0.610. The van der Waals surface area contributed by atoms with Gasteiger partial charge in [0.2, 0.25) is 0 Å². The number of rotatable bonds is 4. The highest BCUT2D eigenvalue weighted by Gasteiger charge is 2.18. The van der Waals surface area contributed by atoms with Crippen LogP contribution in [0.5, 0.6) is 0 Å². The van der Waals surface area contributed by atoms with Crippen molar-refractivity contribution in [3.63, 3.8) is 0 Å². The molecule has 1 heterocycles. The SMILES string of the molecule is CC(NCc1cnc(C(C)(C)C)s1)c1ccc(Cl)c(Cl)c1. The third kappa shape index (κ3) is 4.43. The lowest BCUT2D eigenvalue weighted by Crippen LogP contribution is -2.17. The summed E-state index contributed by atoms with van der Waals surface area (Å²) in [6.07, 6.45) is 1.96. The smallest absolute Gasteiger partial charge is 0.0981 e. The zero-order valence-electron chi connectivity index (χ0n) is 12.7. The van der Waals surface area contributed by atoms with Gasteiger partial charge in [-0.15, -0.1) is 11.3 Å². The molecule has 0 saturated heterocycles. The van der Waals surface area contributed by atoms with Crippen LogP contribution in [0.4, 0.5) is 0 Å². The van der Waals surface area contributed by atoms with Crippen molar-refractivity contribution in [2.45, 2.75) is 45.7 Å². The monoisotopic (exact) mass is 342 g/mol. The summed E-state index contributed by atoms with van der Waals surface area (Å²) < 4.78 is 0. The largest absolute Gasteiger partial charge is 0.305 e. The van der Waals surface area contributed by atoms with Crippen molar-refractivity contribution < 1.29 is 0 Å². The van der Waals surface area contributed by atoms with E-state index in [1.165, 1.54) is 9.88 Å². The summed E-state index contributed by atoms with van der Waals surface area (Å²) in [6, 6.07) is 5.95. The van der Waals surface area contributed by atoms with Gasteiger partial charge in [-0.2, -0.15) is 0 Å². The average molecular weight is 343 g/mol. The number of benzene rings is 1. The summed E-state index contributed by atoms with van der Waals surface area (Å²) in [5.74, 6) is 0. The Balaban J connectivity index is 1.99. The Bertz CT molecular complexity index is 617. The van der Waals surface area contributed by atoms with E-state index in [4.69, 9.17) is 23.2 Å². The minimum Gasteiger partial charge on any atom is -0.305 e. The first-order valence-corrected chi connectivity index (χ1v) is 8.48. The molecule has 0 aliphatic rings. The van der Waals surface area contributed by atoms with E-state index in [1.54, 1.807) is 11.3 Å². The van der Waals surface area contributed by atoms with Crippen LogP contribution in [0.25, 0.3) is 0 Å². The van der Waals surface area contributed by atoms with Crippen LogP contribution in [0.2, 0.25) is 10.0 Å². The van der Waals surface area contributed by atoms with E-state index in [1.807, 2.05) is 24.4 Å². The predicted octanol–water partition coefficient (Wildman–Crippen LogP) is 5.60. The van der Waals surface area contributed by atoms with Crippen molar-refractivity contribution >= 4 is 34.5 Å². The highest BCUT2D eigenvalue weighted by molar-refractivity contribution is 7.11. The molecule has 1 aromatic carbocycles. The molecule has 114 valence electrons. The summed E-state index contributed by atoms with van der Waals surface area (Å²) >= 11 is 13.8. The molecule has 2 rings (SSSR count). The van der Waals surface area contributed by atoms with E-state index in [0.717, 1.165) is 12.1 Å². The van der Waals surface area contributed by atoms with Crippen molar-refractivity contribution in [3.8, 4) is 0 Å². The molecule has 1 aromatic heterocycles. The number of thiazole rings is 1. The second kappa shape index (κ2) is 6.66. The molecule has 2 nitrogen and oxygen atoms in total. The molecule has 0 fully saturated rings. The summed E-state index contributed by atoms with van der Waals surface area (Å²) in [5.41, 5.74) is 1.24. The number of nitrogens with zero attached hydrogens (tertiary/aromatic N) is 1. The maximum absolute atomic E-state index is 6.06. The Morgan fingerprint density at radius 2 is 1.95 bits per heavy atom. The quantitative estimate of drug-likeness (QED) is 0.782. The second-order valence-electron chi connectivity index (χ2n) is 6.16. The molecule has 0 radical (unpaired) electrons. The molecular weight excluding hydrogens is 323 g/mol. The van der Waals surface area contributed by atoms with Crippen molar-refractivity contribution in [1.29, 1.82) is 0 Å². The van der Waals surface area contributed by atoms with Gasteiger partial charge in [0.25, 0.3) is 0 Å². The van der Waals surface area contributed by atoms with Crippen molar-refractivity contribution in [1.82, 2.24) is 10.3 Å². The van der Waals surface area contributed by atoms with Gasteiger partial charge in [-0.1, -0.05) is 50.0 Å². The molecule has 0 spiro atoms. The fourth-order valence-electron chi connectivity index (χ4n) is 1.89. The Morgan fingerprint density at radius 3 is 2.52 bits per heavy atom. The highest BCUT2D eigenvalue weighted by atomic mass is 35.5. The number of hydrogen-bond acceptors (Lipinski definition) is 3. The minimum atomic E-state index is 0.109. The molecule has 1 atom stereocenters. The van der Waals surface area contributed by atoms with E-state index in [2.05, 4.69) is 38.0 Å². The Labute approximate surface area is 140 Å². The molecule has 1 N–H and O–H groups in total. The predicted molar refractivity (Wildman–Crippen MR) is 92.5 cm³/mol. The molecule has 0 saturated carbocycles. The lowest BCUT2D eigenvalue weighted by atomic mass is 9.98. The van der Waals surface area contributed by atoms with Crippen LogP contribution in [0.15, 0.2) is 24.4 Å². The first-order valence-electron chi connectivity index (χ1n) is 6.91. The molecule has 0 aliphatic carbocycles. The van der Waals surface area contributed by atoms with Gasteiger partial charge in [0.1, 0.15) is 0 Å². The zero-order valence-corrected chi connectivity index (χ0v) is 15.0. The second-order valence-corrected chi connectivity index (χ2v) is 8.09. The standard InChI is InChI=1S/C16H20Cl2N2S/c1-10(11-5-6-13(17)14(18)7-11)19-8-12-9-20-15(21-12)16(2,3)4/h5-7,9-10,19H,8H2,1-4H3. The van der Waals surface area contributed by atoms with E-state index in [9.17, 15) is 0 Å². The number of nitrogens with one attached hydrogen (secondary N) is 1. The Kier molecular flexibility index (Phi) is 5.31. The maximum Gasteiger partial charge on any atom is 0.0981 e. The average Bonchev–Trinajstić information content (AvgIpc) is 2.88. The van der Waals surface area contributed by atoms with Crippen LogP contribution in [0, 0.1) is 0 Å². The highest BCUT2D eigenvalue weighted by Crippen LogP contribution is 2.28. The minimum absolute atomic E-state index is 0.109. The van der Waals surface area contributed by atoms with Crippen molar-refractivity contribution in [3.05, 3.63) is 49.9 Å². The third-order valence-electron chi connectivity index (χ3n) is 3.22. The normalized spacial score (nSPS) is 13.4. The molecule has 0 amide bonds. The van der Waals surface area contributed by atoms with Gasteiger partial charge in [-0.05, 0) is 24.6 Å². The van der Waals surface area contributed by atoms with E-state index in [0.29, 0.717) is 10.0 Å². The number of halogens is 2. The fraction of sp³-hybridized carbons (Fsp3) is 0.438. The van der Waals surface area contributed by atoms with Gasteiger partial charge in [-0.25, -0.2) is 4.98 Å². The van der Waals surface area contributed by atoms with E-state index >= 15 is 0 Å². The van der Waals surface area contributed by atoms with Gasteiger partial charge < -0.3 is 5.32 Å². The van der Waals surface area contributed by atoms with Gasteiger partial charge in [0.05, 0.1) is 15.1 Å². The molecule has 2 aromatic rings. The molecular formula is C16H20Cl2N2S. The number of hydrogen-bond donors (Lipinski definition) is 1. The van der Waals surface area contributed by atoms with Gasteiger partial charge >= 0.3 is 0 Å². The van der Waals surface area contributed by atoms with Crippen LogP contribution in [0.3, 0.4) is 0 Å². The van der Waals surface area contributed by atoms with Crippen LogP contribution in [0.1, 0.15) is 49.2 Å². The maximum atomic E-state index is 6.06. The first-order chi connectivity index (χ1) is 9.77.